The summed E-state index contributed by atoms with van der Waals surface area (Å²) in [6.07, 6.45) is -1.22. The van der Waals surface area contributed by atoms with Crippen LogP contribution < -0.4 is 5.32 Å². The predicted octanol–water partition coefficient (Wildman–Crippen LogP) is 4.72. The van der Waals surface area contributed by atoms with Gasteiger partial charge in [0.05, 0.1) is 28.0 Å². The van der Waals surface area contributed by atoms with Crippen molar-refractivity contribution >= 4 is 28.3 Å². The molecule has 1 aliphatic rings. The van der Waals surface area contributed by atoms with Crippen LogP contribution in [-0.2, 0) is 0 Å². The number of nitrogens with zero attached hydrogens (tertiary/aromatic N) is 2. The average molecular weight is 377 g/mol. The van der Waals surface area contributed by atoms with Crippen LogP contribution in [0.5, 0.6) is 0 Å². The first-order valence-electron chi connectivity index (χ1n) is 8.80. The van der Waals surface area contributed by atoms with Gasteiger partial charge in [-0.25, -0.2) is 9.78 Å². The van der Waals surface area contributed by atoms with Gasteiger partial charge >= 0.3 is 12.1 Å². The van der Waals surface area contributed by atoms with E-state index in [0.717, 1.165) is 11.0 Å². The second kappa shape index (κ2) is 6.44. The number of aromatic carboxylic acids is 1. The molecule has 0 spiro atoms. The van der Waals surface area contributed by atoms with Gasteiger partial charge in [-0.2, -0.15) is 13.2 Å². The molecule has 1 saturated carbocycles. The van der Waals surface area contributed by atoms with E-state index in [1.165, 1.54) is 12.1 Å². The Kier molecular flexibility index (Phi) is 4.20. The highest BCUT2D eigenvalue weighted by molar-refractivity contribution is 5.94. The molecule has 0 aliphatic heterocycles. The quantitative estimate of drug-likeness (QED) is 0.693. The summed E-state index contributed by atoms with van der Waals surface area (Å²) in [7, 11) is 0. The van der Waals surface area contributed by atoms with E-state index in [-0.39, 0.29) is 24.4 Å². The van der Waals surface area contributed by atoms with Gasteiger partial charge in [0.15, 0.2) is 5.82 Å². The molecule has 0 atom stereocenters. The highest BCUT2D eigenvalue weighted by Gasteiger charge is 2.41. The molecule has 1 aromatic carbocycles. The Labute approximate surface area is 152 Å². The number of anilines is 1. The number of aromatic nitrogens is 2. The van der Waals surface area contributed by atoms with Crippen molar-refractivity contribution in [2.24, 2.45) is 5.92 Å². The molecule has 1 aliphatic carbocycles. The zero-order valence-corrected chi connectivity index (χ0v) is 14.3. The van der Waals surface area contributed by atoms with E-state index in [1.807, 2.05) is 22.7 Å². The zero-order valence-electron chi connectivity index (χ0n) is 14.3. The molecule has 0 radical (unpaired) electrons. The molecule has 0 amide bonds. The SMILES string of the molecule is O=C(O)c1ccc2c(c1)nc(NC1CCC(C(F)(F)F)CC1)c1cccn12. The second-order valence-corrected chi connectivity index (χ2v) is 6.97. The Morgan fingerprint density at radius 2 is 1.89 bits per heavy atom. The van der Waals surface area contributed by atoms with Gasteiger partial charge in [0.2, 0.25) is 0 Å². The number of hydrogen-bond acceptors (Lipinski definition) is 3. The van der Waals surface area contributed by atoms with Gasteiger partial charge < -0.3 is 14.8 Å². The molecule has 0 unspecified atom stereocenters. The molecule has 2 N–H and O–H groups in total. The van der Waals surface area contributed by atoms with Crippen LogP contribution in [0.15, 0.2) is 36.5 Å². The summed E-state index contributed by atoms with van der Waals surface area (Å²) in [4.78, 5) is 15.8. The molecule has 5 nitrogen and oxygen atoms in total. The number of carboxylic acid groups (broad SMARTS) is 1. The lowest BCUT2D eigenvalue weighted by atomic mass is 9.85. The number of hydrogen-bond donors (Lipinski definition) is 2. The number of carbonyl (C=O) groups is 1. The molecule has 4 rings (SSSR count). The van der Waals surface area contributed by atoms with Gasteiger partial charge in [0.25, 0.3) is 0 Å². The van der Waals surface area contributed by atoms with Gasteiger partial charge in [0.1, 0.15) is 0 Å². The zero-order chi connectivity index (χ0) is 19.2. The summed E-state index contributed by atoms with van der Waals surface area (Å²) in [6.45, 7) is 0. The summed E-state index contributed by atoms with van der Waals surface area (Å²) in [5.41, 5.74) is 2.23. The highest BCUT2D eigenvalue weighted by Crippen LogP contribution is 2.38. The third-order valence-electron chi connectivity index (χ3n) is 5.24. The third-order valence-corrected chi connectivity index (χ3v) is 5.24. The molecule has 2 aromatic heterocycles. The maximum Gasteiger partial charge on any atom is 0.391 e. The lowest BCUT2D eigenvalue weighted by molar-refractivity contribution is -0.182. The number of nitrogens with one attached hydrogen (secondary N) is 1. The molecule has 3 aromatic rings. The van der Waals surface area contributed by atoms with Crippen molar-refractivity contribution in [1.29, 1.82) is 0 Å². The fourth-order valence-electron chi connectivity index (χ4n) is 3.78. The first-order valence-corrected chi connectivity index (χ1v) is 8.80. The largest absolute Gasteiger partial charge is 0.478 e. The lowest BCUT2D eigenvalue weighted by Crippen LogP contribution is -2.33. The molecule has 27 heavy (non-hydrogen) atoms. The number of halogens is 3. The van der Waals surface area contributed by atoms with E-state index in [0.29, 0.717) is 24.2 Å². The van der Waals surface area contributed by atoms with Crippen molar-refractivity contribution in [3.63, 3.8) is 0 Å². The van der Waals surface area contributed by atoms with E-state index in [1.54, 1.807) is 6.07 Å². The van der Waals surface area contributed by atoms with Crippen molar-refractivity contribution in [2.45, 2.75) is 37.9 Å². The van der Waals surface area contributed by atoms with E-state index >= 15 is 0 Å². The maximum atomic E-state index is 12.9. The van der Waals surface area contributed by atoms with Gasteiger partial charge in [-0.05, 0) is 56.0 Å². The van der Waals surface area contributed by atoms with E-state index < -0.39 is 18.1 Å². The van der Waals surface area contributed by atoms with Crippen LogP contribution in [0.2, 0.25) is 0 Å². The lowest BCUT2D eigenvalue weighted by Gasteiger charge is -2.30. The first-order chi connectivity index (χ1) is 12.8. The van der Waals surface area contributed by atoms with Crippen molar-refractivity contribution in [3.05, 3.63) is 42.1 Å². The molecule has 8 heteroatoms. The smallest absolute Gasteiger partial charge is 0.391 e. The van der Waals surface area contributed by atoms with Crippen LogP contribution in [0, 0.1) is 5.92 Å². The van der Waals surface area contributed by atoms with Gasteiger partial charge in [0, 0.05) is 12.2 Å². The minimum Gasteiger partial charge on any atom is -0.478 e. The Balaban J connectivity index is 1.65. The second-order valence-electron chi connectivity index (χ2n) is 6.97. The van der Waals surface area contributed by atoms with Crippen molar-refractivity contribution in [2.75, 3.05) is 5.32 Å². The minimum atomic E-state index is -4.13. The van der Waals surface area contributed by atoms with Gasteiger partial charge in [-0.3, -0.25) is 0 Å². The number of rotatable bonds is 3. The fourth-order valence-corrected chi connectivity index (χ4v) is 3.78. The highest BCUT2D eigenvalue weighted by atomic mass is 19.4. The Bertz CT molecular complexity index is 1000. The van der Waals surface area contributed by atoms with Crippen LogP contribution in [0.4, 0.5) is 19.0 Å². The summed E-state index contributed by atoms with van der Waals surface area (Å²) < 4.78 is 40.5. The van der Waals surface area contributed by atoms with Crippen LogP contribution in [0.1, 0.15) is 36.0 Å². The topological polar surface area (TPSA) is 66.6 Å². The van der Waals surface area contributed by atoms with Crippen LogP contribution in [0.25, 0.3) is 16.6 Å². The van der Waals surface area contributed by atoms with Crippen LogP contribution in [-0.4, -0.2) is 32.7 Å². The summed E-state index contributed by atoms with van der Waals surface area (Å²) >= 11 is 0. The molecule has 0 saturated heterocycles. The Hall–Kier alpha value is -2.77. The fraction of sp³-hybridized carbons (Fsp3) is 0.368. The van der Waals surface area contributed by atoms with E-state index in [2.05, 4.69) is 10.3 Å². The van der Waals surface area contributed by atoms with Gasteiger partial charge in [-0.1, -0.05) is 0 Å². The molecular weight excluding hydrogens is 359 g/mol. The Morgan fingerprint density at radius 1 is 1.15 bits per heavy atom. The molecule has 142 valence electrons. The first kappa shape index (κ1) is 17.6. The predicted molar refractivity (Wildman–Crippen MR) is 95.1 cm³/mol. The Morgan fingerprint density at radius 3 is 2.56 bits per heavy atom. The molecule has 1 fully saturated rings. The average Bonchev–Trinajstić information content (AvgIpc) is 3.11. The third kappa shape index (κ3) is 3.31. The van der Waals surface area contributed by atoms with Crippen molar-refractivity contribution in [1.82, 2.24) is 9.38 Å². The van der Waals surface area contributed by atoms with Crippen molar-refractivity contribution in [3.8, 4) is 0 Å². The van der Waals surface area contributed by atoms with Crippen LogP contribution in [0.3, 0.4) is 0 Å². The summed E-state index contributed by atoms with van der Waals surface area (Å²) in [5.74, 6) is -1.71. The van der Waals surface area contributed by atoms with E-state index in [4.69, 9.17) is 0 Å². The summed E-state index contributed by atoms with van der Waals surface area (Å²) in [6, 6.07) is 8.38. The number of carboxylic acids is 1. The number of benzene rings is 1. The van der Waals surface area contributed by atoms with E-state index in [9.17, 15) is 23.1 Å². The van der Waals surface area contributed by atoms with Gasteiger partial charge in [-0.15, -0.1) is 0 Å². The number of fused-ring (bicyclic) bond motifs is 3. The molecule has 0 bridgehead atoms. The normalized spacial score (nSPS) is 20.9. The summed E-state index contributed by atoms with van der Waals surface area (Å²) in [5, 5.41) is 12.5. The molecular formula is C19H18F3N3O2. The standard InChI is InChI=1S/C19H18F3N3O2/c20-19(21,22)12-4-6-13(7-5-12)23-17-16-2-1-9-25(16)15-8-3-11(18(26)27)10-14(15)24-17/h1-3,8-10,12-13H,4-7H2,(H,23,24)(H,26,27). The van der Waals surface area contributed by atoms with Crippen LogP contribution >= 0.6 is 0 Å². The monoisotopic (exact) mass is 377 g/mol. The minimum absolute atomic E-state index is 0.0880. The number of alkyl halides is 3. The molecule has 2 heterocycles. The van der Waals surface area contributed by atoms with Crippen molar-refractivity contribution < 1.29 is 23.1 Å². The maximum absolute atomic E-state index is 12.9.